The molecule has 322 valence electrons. The highest BCUT2D eigenvalue weighted by Crippen LogP contribution is 2.59. The third-order valence-electron chi connectivity index (χ3n) is 15.4. The zero-order chi connectivity index (χ0) is 45.3. The predicted octanol–water partition coefficient (Wildman–Crippen LogP) is 17.8. The Morgan fingerprint density at radius 2 is 0.912 bits per heavy atom. The van der Waals surface area contributed by atoms with E-state index in [0.717, 1.165) is 77.6 Å². The number of nitrogens with zero attached hydrogens (tertiary/aromatic N) is 1. The van der Waals surface area contributed by atoms with Crippen molar-refractivity contribution in [1.82, 2.24) is 0 Å². The third-order valence-corrected chi connectivity index (χ3v) is 15.4. The van der Waals surface area contributed by atoms with Gasteiger partial charge in [-0.25, -0.2) is 0 Å². The van der Waals surface area contributed by atoms with Crippen LogP contribution < -0.4 is 4.90 Å². The van der Waals surface area contributed by atoms with Crippen molar-refractivity contribution in [3.05, 3.63) is 252 Å². The summed E-state index contributed by atoms with van der Waals surface area (Å²) in [5.41, 5.74) is 21.7. The molecular weight excluding hydrogens is 827 g/mol. The van der Waals surface area contributed by atoms with E-state index in [9.17, 15) is 0 Å². The summed E-state index contributed by atoms with van der Waals surface area (Å²) in [6, 6.07) is 69.1. The first-order chi connectivity index (χ1) is 33.4. The van der Waals surface area contributed by atoms with Crippen LogP contribution in [0.2, 0.25) is 0 Å². The van der Waals surface area contributed by atoms with E-state index in [1.54, 1.807) is 0 Å². The monoisotopic (exact) mass is 871 g/mol. The van der Waals surface area contributed by atoms with Gasteiger partial charge in [0.2, 0.25) is 0 Å². The zero-order valence-electron chi connectivity index (χ0n) is 37.9. The lowest BCUT2D eigenvalue weighted by Gasteiger charge is -2.36. The second-order valence-electron chi connectivity index (χ2n) is 19.2. The molecule has 0 N–H and O–H groups in total. The zero-order valence-corrected chi connectivity index (χ0v) is 37.9. The number of anilines is 3. The maximum Gasteiger partial charge on any atom is 0.137 e. The first-order valence-electron chi connectivity index (χ1n) is 23.6. The average Bonchev–Trinajstić information content (AvgIpc) is 4.08. The van der Waals surface area contributed by atoms with Crippen molar-refractivity contribution in [2.24, 2.45) is 0 Å². The topological polar surface area (TPSA) is 29.5 Å². The molecule has 0 radical (unpaired) electrons. The van der Waals surface area contributed by atoms with Gasteiger partial charge in [-0.2, -0.15) is 0 Å². The number of hydrogen-bond acceptors (Lipinski definition) is 3. The number of rotatable bonds is 3. The number of para-hydroxylation sites is 2. The van der Waals surface area contributed by atoms with Crippen LogP contribution in [0.15, 0.2) is 228 Å². The average molecular weight is 872 g/mol. The molecule has 1 atom stereocenters. The van der Waals surface area contributed by atoms with E-state index in [2.05, 4.69) is 232 Å². The maximum atomic E-state index is 6.74. The highest BCUT2D eigenvalue weighted by atomic mass is 16.3. The van der Waals surface area contributed by atoms with E-state index in [1.807, 2.05) is 6.07 Å². The van der Waals surface area contributed by atoms with Gasteiger partial charge in [-0.1, -0.05) is 166 Å². The molecular formula is C65H45NO2. The van der Waals surface area contributed by atoms with Crippen LogP contribution >= 0.6 is 0 Å². The Morgan fingerprint density at radius 3 is 1.66 bits per heavy atom. The molecule has 68 heavy (non-hydrogen) atoms. The molecule has 2 heterocycles. The van der Waals surface area contributed by atoms with Crippen molar-refractivity contribution in [3.8, 4) is 33.4 Å². The molecule has 3 aliphatic carbocycles. The summed E-state index contributed by atoms with van der Waals surface area (Å²) < 4.78 is 13.4. The van der Waals surface area contributed by atoms with Crippen LogP contribution in [0, 0.1) is 0 Å². The first-order valence-corrected chi connectivity index (χ1v) is 23.6. The van der Waals surface area contributed by atoms with Gasteiger partial charge in [0.25, 0.3) is 0 Å². The summed E-state index contributed by atoms with van der Waals surface area (Å²) in [7, 11) is 0. The van der Waals surface area contributed by atoms with Gasteiger partial charge >= 0.3 is 0 Å². The Balaban J connectivity index is 1.08. The van der Waals surface area contributed by atoms with Crippen LogP contribution in [0.3, 0.4) is 0 Å². The van der Waals surface area contributed by atoms with Crippen LogP contribution in [-0.2, 0) is 10.8 Å². The molecule has 3 aliphatic rings. The quantitative estimate of drug-likeness (QED) is 0.177. The second-order valence-corrected chi connectivity index (χ2v) is 19.2. The number of furan rings is 2. The Morgan fingerprint density at radius 1 is 0.397 bits per heavy atom. The van der Waals surface area contributed by atoms with Gasteiger partial charge in [0.1, 0.15) is 22.3 Å². The Labute approximate surface area is 395 Å². The third kappa shape index (κ3) is 5.41. The van der Waals surface area contributed by atoms with Gasteiger partial charge in [0, 0.05) is 50.1 Å². The molecule has 0 aliphatic heterocycles. The van der Waals surface area contributed by atoms with Crippen molar-refractivity contribution in [1.29, 1.82) is 0 Å². The van der Waals surface area contributed by atoms with Gasteiger partial charge in [-0.3, -0.25) is 0 Å². The number of hydrogen-bond donors (Lipinski definition) is 0. The van der Waals surface area contributed by atoms with Gasteiger partial charge in [-0.15, -0.1) is 0 Å². The number of fused-ring (bicyclic) bond motifs is 18. The van der Waals surface area contributed by atoms with Crippen LogP contribution in [0.5, 0.6) is 0 Å². The van der Waals surface area contributed by atoms with Crippen molar-refractivity contribution in [2.75, 3.05) is 4.90 Å². The fraction of sp³-hybridized carbons (Fsp3) is 0.0769. The lowest BCUT2D eigenvalue weighted by molar-refractivity contribution is 0.639. The molecule has 3 heteroatoms. The highest BCUT2D eigenvalue weighted by molar-refractivity contribution is 6.09. The minimum Gasteiger partial charge on any atom is -0.456 e. The molecule has 1 unspecified atom stereocenters. The lowest BCUT2D eigenvalue weighted by Crippen LogP contribution is -2.28. The van der Waals surface area contributed by atoms with Crippen molar-refractivity contribution in [3.63, 3.8) is 0 Å². The molecule has 1 spiro atoms. The van der Waals surface area contributed by atoms with E-state index < -0.39 is 5.41 Å². The summed E-state index contributed by atoms with van der Waals surface area (Å²) >= 11 is 0. The molecule has 14 rings (SSSR count). The largest absolute Gasteiger partial charge is 0.456 e. The minimum atomic E-state index is -0.622. The van der Waals surface area contributed by atoms with Crippen LogP contribution in [0.4, 0.5) is 17.1 Å². The second kappa shape index (κ2) is 14.3. The van der Waals surface area contributed by atoms with Crippen LogP contribution in [0.1, 0.15) is 53.6 Å². The number of allylic oxidation sites excluding steroid dienone is 5. The van der Waals surface area contributed by atoms with Crippen LogP contribution in [-0.4, -0.2) is 0 Å². The fourth-order valence-electron chi connectivity index (χ4n) is 12.2. The van der Waals surface area contributed by atoms with Gasteiger partial charge < -0.3 is 13.7 Å². The van der Waals surface area contributed by atoms with Crippen molar-refractivity contribution in [2.45, 2.75) is 31.1 Å². The van der Waals surface area contributed by atoms with Gasteiger partial charge in [0.05, 0.1) is 5.41 Å². The highest BCUT2D eigenvalue weighted by Gasteiger charge is 2.46. The molecule has 2 aromatic heterocycles. The van der Waals surface area contributed by atoms with Crippen molar-refractivity contribution >= 4 is 66.5 Å². The number of benzene rings is 9. The van der Waals surface area contributed by atoms with Crippen molar-refractivity contribution < 1.29 is 8.83 Å². The molecule has 0 saturated heterocycles. The maximum absolute atomic E-state index is 6.74. The van der Waals surface area contributed by atoms with Gasteiger partial charge in [0.15, 0.2) is 0 Å². The summed E-state index contributed by atoms with van der Waals surface area (Å²) in [5, 5.41) is 4.47. The first kappa shape index (κ1) is 38.8. The molecule has 0 amide bonds. The van der Waals surface area contributed by atoms with E-state index >= 15 is 0 Å². The molecule has 3 nitrogen and oxygen atoms in total. The Kier molecular flexibility index (Phi) is 8.17. The summed E-state index contributed by atoms with van der Waals surface area (Å²) in [5.74, 6) is 0. The summed E-state index contributed by atoms with van der Waals surface area (Å²) in [4.78, 5) is 2.44. The predicted molar refractivity (Wildman–Crippen MR) is 282 cm³/mol. The lowest BCUT2D eigenvalue weighted by atomic mass is 9.67. The standard InChI is InChI=1S/C65H45NO2/c1-40-17-5-4-16-34-65(56-25-13-9-21-47(56)53-38-54-51-23-11-15-27-61(51)68-63(54)39-59(53)65)58-36-42(28-31-48(58)45-19-7-6-18-44(40)45)66(43-30-33-52-50-22-10-14-26-60(50)67-62(52)37-43)41-29-32-49-46-20-8-12-24-55(46)64(2,3)57(49)35-41/h4-33,35-39H,1,34H2,2-3H3/b16-4-,17-5-. The van der Waals surface area contributed by atoms with Crippen LogP contribution in [0.25, 0.3) is 82.8 Å². The molecule has 0 bridgehead atoms. The summed E-state index contributed by atoms with van der Waals surface area (Å²) in [6.45, 7) is 9.34. The molecule has 0 saturated carbocycles. The van der Waals surface area contributed by atoms with Gasteiger partial charge in [-0.05, 0) is 139 Å². The SMILES string of the molecule is C=C1/C=C\C=C/CC2(c3cc(N(c4ccc5c(c4)C(C)(C)c4ccccc4-5)c4ccc5c(c4)oc4ccccc45)ccc3-c3ccccc31)c1ccccc1-c1cc3c(cc12)oc1ccccc13. The molecule has 0 fully saturated rings. The van der Waals surface area contributed by atoms with E-state index in [-0.39, 0.29) is 5.41 Å². The Hall–Kier alpha value is -8.40. The van der Waals surface area contributed by atoms with E-state index in [0.29, 0.717) is 6.42 Å². The molecule has 9 aromatic carbocycles. The van der Waals surface area contributed by atoms with E-state index in [4.69, 9.17) is 8.83 Å². The van der Waals surface area contributed by atoms with E-state index in [1.165, 1.54) is 55.6 Å². The summed E-state index contributed by atoms with van der Waals surface area (Å²) in [6.07, 6.45) is 9.54. The smallest absolute Gasteiger partial charge is 0.137 e. The normalized spacial score (nSPS) is 17.4. The minimum absolute atomic E-state index is 0.187. The molecule has 11 aromatic rings. The fourth-order valence-corrected chi connectivity index (χ4v) is 12.2. The Bertz CT molecular complexity index is 4020.